The van der Waals surface area contributed by atoms with Crippen LogP contribution in [0.2, 0.25) is 0 Å². The number of nitrogens with zero attached hydrogens (tertiary/aromatic N) is 3. The second-order valence-corrected chi connectivity index (χ2v) is 6.31. The molecule has 0 amide bonds. The van der Waals surface area contributed by atoms with Crippen LogP contribution in [0.1, 0.15) is 23.2 Å². The normalized spacial score (nSPS) is 11.7. The van der Waals surface area contributed by atoms with E-state index in [4.69, 9.17) is 0 Å². The Labute approximate surface area is 150 Å². The molecule has 1 N–H and O–H groups in total. The zero-order valence-electron chi connectivity index (χ0n) is 14.5. The van der Waals surface area contributed by atoms with Crippen molar-refractivity contribution in [2.45, 2.75) is 33.0 Å². The predicted molar refractivity (Wildman–Crippen MR) is 96.2 cm³/mol. The molecule has 0 atom stereocenters. The van der Waals surface area contributed by atoms with Gasteiger partial charge in [0.15, 0.2) is 5.96 Å². The zero-order chi connectivity index (χ0) is 18.2. The third-order valence-corrected chi connectivity index (χ3v) is 4.51. The minimum absolute atomic E-state index is 0.152. The van der Waals surface area contributed by atoms with Crippen LogP contribution in [-0.4, -0.2) is 36.6 Å². The summed E-state index contributed by atoms with van der Waals surface area (Å²) in [6.45, 7) is 0.469. The van der Waals surface area contributed by atoms with Crippen molar-refractivity contribution in [1.29, 1.82) is 0 Å². The standard InChI is InChI=1S/C17H22F2N4OS/c1-4-15-22-13(11-25-15)9-21-17(20-2)23(3)10-12-5-7-14(8-6-12)24-16(18)19/h5-8,11,16H,4,9-10H2,1-3H3,(H,20,21). The summed E-state index contributed by atoms with van der Waals surface area (Å²) in [7, 11) is 3.63. The molecule has 0 saturated heterocycles. The van der Waals surface area contributed by atoms with Gasteiger partial charge in [0, 0.05) is 26.0 Å². The van der Waals surface area contributed by atoms with Crippen LogP contribution in [-0.2, 0) is 19.5 Å². The Kier molecular flexibility index (Phi) is 7.12. The van der Waals surface area contributed by atoms with Gasteiger partial charge in [0.2, 0.25) is 0 Å². The van der Waals surface area contributed by atoms with Crippen LogP contribution in [0.4, 0.5) is 8.78 Å². The number of aryl methyl sites for hydroxylation is 1. The van der Waals surface area contributed by atoms with Crippen molar-refractivity contribution in [3.8, 4) is 5.75 Å². The quantitative estimate of drug-likeness (QED) is 0.600. The number of alkyl halides is 2. The fraction of sp³-hybridized carbons (Fsp3) is 0.412. The molecule has 0 aliphatic carbocycles. The van der Waals surface area contributed by atoms with Crippen LogP contribution in [0.15, 0.2) is 34.6 Å². The Hall–Kier alpha value is -2.22. The van der Waals surface area contributed by atoms with Crippen molar-refractivity contribution in [2.75, 3.05) is 14.1 Å². The zero-order valence-corrected chi connectivity index (χ0v) is 15.3. The molecule has 2 aromatic rings. The molecule has 2 rings (SSSR count). The molecule has 0 saturated carbocycles. The Balaban J connectivity index is 1.89. The molecule has 8 heteroatoms. The summed E-state index contributed by atoms with van der Waals surface area (Å²) in [6, 6.07) is 6.59. The number of thiazole rings is 1. The van der Waals surface area contributed by atoms with Crippen molar-refractivity contribution < 1.29 is 13.5 Å². The van der Waals surface area contributed by atoms with Crippen LogP contribution in [0.3, 0.4) is 0 Å². The van der Waals surface area contributed by atoms with Gasteiger partial charge in [-0.2, -0.15) is 8.78 Å². The van der Waals surface area contributed by atoms with Crippen molar-refractivity contribution >= 4 is 17.3 Å². The van der Waals surface area contributed by atoms with Crippen LogP contribution in [0.25, 0.3) is 0 Å². The predicted octanol–water partition coefficient (Wildman–Crippen LogP) is 3.51. The molecule has 1 aromatic heterocycles. The minimum atomic E-state index is -2.81. The number of rotatable bonds is 7. The number of benzene rings is 1. The lowest BCUT2D eigenvalue weighted by atomic mass is 10.2. The van der Waals surface area contributed by atoms with Crippen molar-refractivity contribution in [1.82, 2.24) is 15.2 Å². The number of halogens is 2. The van der Waals surface area contributed by atoms with Gasteiger partial charge in [0.05, 0.1) is 17.2 Å². The van der Waals surface area contributed by atoms with Gasteiger partial charge in [0.1, 0.15) is 5.75 Å². The highest BCUT2D eigenvalue weighted by Crippen LogP contribution is 2.16. The van der Waals surface area contributed by atoms with Crippen molar-refractivity contribution in [2.24, 2.45) is 4.99 Å². The molecule has 0 radical (unpaired) electrons. The molecule has 25 heavy (non-hydrogen) atoms. The maximum atomic E-state index is 12.2. The number of aliphatic imine (C=N–C) groups is 1. The summed E-state index contributed by atoms with van der Waals surface area (Å²) >= 11 is 1.66. The maximum absolute atomic E-state index is 12.2. The van der Waals surface area contributed by atoms with Gasteiger partial charge >= 0.3 is 6.61 Å². The van der Waals surface area contributed by atoms with E-state index in [2.05, 4.69) is 27.0 Å². The number of ether oxygens (including phenoxy) is 1. The second kappa shape index (κ2) is 9.31. The first-order chi connectivity index (χ1) is 12.0. The third kappa shape index (κ3) is 5.97. The molecule has 0 bridgehead atoms. The first kappa shape index (κ1) is 19.1. The Morgan fingerprint density at radius 1 is 1.36 bits per heavy atom. The fourth-order valence-corrected chi connectivity index (χ4v) is 3.02. The molecule has 136 valence electrons. The van der Waals surface area contributed by atoms with Crippen molar-refractivity contribution in [3.05, 3.63) is 45.9 Å². The van der Waals surface area contributed by atoms with E-state index >= 15 is 0 Å². The van der Waals surface area contributed by atoms with Crippen LogP contribution >= 0.6 is 11.3 Å². The molecule has 0 spiro atoms. The monoisotopic (exact) mass is 368 g/mol. The summed E-state index contributed by atoms with van der Waals surface area (Å²) in [5.41, 5.74) is 1.96. The molecule has 5 nitrogen and oxygen atoms in total. The Morgan fingerprint density at radius 3 is 2.64 bits per heavy atom. The van der Waals surface area contributed by atoms with Gasteiger partial charge < -0.3 is 15.0 Å². The SMILES string of the molecule is CCc1nc(CNC(=NC)N(C)Cc2ccc(OC(F)F)cc2)cs1. The highest BCUT2D eigenvalue weighted by Gasteiger charge is 2.09. The van der Waals surface area contributed by atoms with Crippen molar-refractivity contribution in [3.63, 3.8) is 0 Å². The van der Waals surface area contributed by atoms with Crippen LogP contribution in [0.5, 0.6) is 5.75 Å². The summed E-state index contributed by atoms with van der Waals surface area (Å²) in [5, 5.41) is 6.44. The van der Waals surface area contributed by atoms with E-state index in [-0.39, 0.29) is 5.75 Å². The Bertz CT molecular complexity index is 688. The van der Waals surface area contributed by atoms with Crippen LogP contribution in [0, 0.1) is 0 Å². The molecular formula is C17H22F2N4OS. The largest absolute Gasteiger partial charge is 0.435 e. The third-order valence-electron chi connectivity index (χ3n) is 3.47. The van der Waals surface area contributed by atoms with E-state index in [9.17, 15) is 8.78 Å². The molecule has 0 aliphatic heterocycles. The molecule has 0 fully saturated rings. The molecule has 0 unspecified atom stereocenters. The smallest absolute Gasteiger partial charge is 0.387 e. The minimum Gasteiger partial charge on any atom is -0.435 e. The summed E-state index contributed by atoms with van der Waals surface area (Å²) in [4.78, 5) is 10.7. The van der Waals surface area contributed by atoms with E-state index in [0.29, 0.717) is 13.1 Å². The van der Waals surface area contributed by atoms with Gasteiger partial charge in [0.25, 0.3) is 0 Å². The van der Waals surface area contributed by atoms with E-state index in [0.717, 1.165) is 28.6 Å². The first-order valence-electron chi connectivity index (χ1n) is 7.90. The first-order valence-corrected chi connectivity index (χ1v) is 8.78. The lowest BCUT2D eigenvalue weighted by molar-refractivity contribution is -0.0498. The van der Waals surface area contributed by atoms with Gasteiger partial charge in [-0.25, -0.2) is 4.98 Å². The lowest BCUT2D eigenvalue weighted by Gasteiger charge is -2.22. The molecule has 1 heterocycles. The van der Waals surface area contributed by atoms with Gasteiger partial charge in [-0.15, -0.1) is 11.3 Å². The highest BCUT2D eigenvalue weighted by atomic mass is 32.1. The highest BCUT2D eigenvalue weighted by molar-refractivity contribution is 7.09. The van der Waals surface area contributed by atoms with E-state index in [1.54, 1.807) is 30.5 Å². The second-order valence-electron chi connectivity index (χ2n) is 5.37. The topological polar surface area (TPSA) is 49.8 Å². The molecular weight excluding hydrogens is 346 g/mol. The van der Waals surface area contributed by atoms with E-state index in [1.807, 2.05) is 17.3 Å². The van der Waals surface area contributed by atoms with Gasteiger partial charge in [-0.05, 0) is 24.1 Å². The number of nitrogens with one attached hydrogen (secondary N) is 1. The van der Waals surface area contributed by atoms with Gasteiger partial charge in [-0.1, -0.05) is 19.1 Å². The van der Waals surface area contributed by atoms with Gasteiger partial charge in [-0.3, -0.25) is 4.99 Å². The summed E-state index contributed by atoms with van der Waals surface area (Å²) < 4.78 is 28.7. The number of hydrogen-bond donors (Lipinski definition) is 1. The number of hydrogen-bond acceptors (Lipinski definition) is 4. The van der Waals surface area contributed by atoms with E-state index in [1.165, 1.54) is 12.1 Å². The summed E-state index contributed by atoms with van der Waals surface area (Å²) in [5.74, 6) is 0.887. The molecule has 1 aromatic carbocycles. The maximum Gasteiger partial charge on any atom is 0.387 e. The molecule has 0 aliphatic rings. The fourth-order valence-electron chi connectivity index (χ4n) is 2.27. The number of aromatic nitrogens is 1. The average molecular weight is 368 g/mol. The Morgan fingerprint density at radius 2 is 2.08 bits per heavy atom. The van der Waals surface area contributed by atoms with Crippen LogP contribution < -0.4 is 10.1 Å². The summed E-state index contributed by atoms with van der Waals surface area (Å²) in [6.07, 6.45) is 0.935. The average Bonchev–Trinajstić information content (AvgIpc) is 3.05. The van der Waals surface area contributed by atoms with E-state index < -0.39 is 6.61 Å². The number of guanidine groups is 1. The lowest BCUT2D eigenvalue weighted by Crippen LogP contribution is -2.38.